The number of methoxy groups -OCH3 is 1. The van der Waals surface area contributed by atoms with Gasteiger partial charge < -0.3 is 19.5 Å². The van der Waals surface area contributed by atoms with Gasteiger partial charge >= 0.3 is 0 Å². The minimum Gasteiger partial charge on any atom is -0.493 e. The van der Waals surface area contributed by atoms with Crippen molar-refractivity contribution in [3.8, 4) is 17.2 Å². The molecule has 1 unspecified atom stereocenters. The Hall–Kier alpha value is -1.49. The van der Waals surface area contributed by atoms with Gasteiger partial charge in [-0.2, -0.15) is 4.39 Å². The molecule has 0 radical (unpaired) electrons. The van der Waals surface area contributed by atoms with Gasteiger partial charge in [-0.25, -0.2) is 0 Å². The Morgan fingerprint density at radius 3 is 2.95 bits per heavy atom. The van der Waals surface area contributed by atoms with E-state index in [1.165, 1.54) is 7.11 Å². The Morgan fingerprint density at radius 2 is 2.21 bits per heavy atom. The summed E-state index contributed by atoms with van der Waals surface area (Å²) in [4.78, 5) is 0. The van der Waals surface area contributed by atoms with Crippen LogP contribution in [0.25, 0.3) is 0 Å². The van der Waals surface area contributed by atoms with Gasteiger partial charge in [-0.15, -0.1) is 0 Å². The van der Waals surface area contributed by atoms with Gasteiger partial charge in [0, 0.05) is 18.0 Å². The molecule has 1 aromatic rings. The number of fused-ring (bicyclic) bond motifs is 1. The molecule has 2 heterocycles. The van der Waals surface area contributed by atoms with Crippen LogP contribution in [0.1, 0.15) is 24.3 Å². The highest BCUT2D eigenvalue weighted by molar-refractivity contribution is 5.54. The molecule has 3 rings (SSSR count). The van der Waals surface area contributed by atoms with E-state index in [0.717, 1.165) is 31.5 Å². The highest BCUT2D eigenvalue weighted by atomic mass is 19.1. The molecule has 0 bridgehead atoms. The summed E-state index contributed by atoms with van der Waals surface area (Å²) in [5.41, 5.74) is 0.872. The monoisotopic (exact) mass is 267 g/mol. The molecule has 0 aliphatic carbocycles. The standard InChI is InChI=1S/C14H18FNO3/c1-17-13-10(9-3-2-4-16-8-9)7-11-14(12(13)15)19-6-5-18-11/h7,9,16H,2-6,8H2,1H3. The molecule has 104 valence electrons. The Bertz CT molecular complexity index is 472. The number of rotatable bonds is 2. The van der Waals surface area contributed by atoms with Crippen molar-refractivity contribution in [2.45, 2.75) is 18.8 Å². The largest absolute Gasteiger partial charge is 0.493 e. The summed E-state index contributed by atoms with van der Waals surface area (Å²) in [6.45, 7) is 2.69. The lowest BCUT2D eigenvalue weighted by Gasteiger charge is -2.27. The number of halogens is 1. The summed E-state index contributed by atoms with van der Waals surface area (Å²) >= 11 is 0. The van der Waals surface area contributed by atoms with Crippen molar-refractivity contribution >= 4 is 0 Å². The van der Waals surface area contributed by atoms with Crippen molar-refractivity contribution in [1.29, 1.82) is 0 Å². The van der Waals surface area contributed by atoms with E-state index in [9.17, 15) is 4.39 Å². The van der Waals surface area contributed by atoms with Gasteiger partial charge in [0.05, 0.1) is 7.11 Å². The highest BCUT2D eigenvalue weighted by Gasteiger charge is 2.28. The molecule has 1 saturated heterocycles. The minimum atomic E-state index is -0.444. The van der Waals surface area contributed by atoms with E-state index in [0.29, 0.717) is 19.0 Å². The Balaban J connectivity index is 2.04. The molecule has 2 aliphatic rings. The van der Waals surface area contributed by atoms with Gasteiger partial charge in [0.2, 0.25) is 11.6 Å². The molecule has 0 aromatic heterocycles. The number of nitrogens with one attached hydrogen (secondary N) is 1. The van der Waals surface area contributed by atoms with E-state index >= 15 is 0 Å². The second-order valence-corrected chi connectivity index (χ2v) is 4.88. The summed E-state index contributed by atoms with van der Waals surface area (Å²) in [5.74, 6) is 0.771. The van der Waals surface area contributed by atoms with E-state index in [2.05, 4.69) is 5.32 Å². The van der Waals surface area contributed by atoms with Crippen molar-refractivity contribution < 1.29 is 18.6 Å². The number of ether oxygens (including phenoxy) is 3. The smallest absolute Gasteiger partial charge is 0.210 e. The normalized spacial score (nSPS) is 22.1. The first-order valence-corrected chi connectivity index (χ1v) is 6.68. The summed E-state index contributed by atoms with van der Waals surface area (Å²) in [6, 6.07) is 1.87. The van der Waals surface area contributed by atoms with Crippen LogP contribution in [0.2, 0.25) is 0 Å². The van der Waals surface area contributed by atoms with Crippen molar-refractivity contribution in [2.24, 2.45) is 0 Å². The molecule has 2 aliphatic heterocycles. The molecule has 0 spiro atoms. The molecule has 1 fully saturated rings. The Labute approximate surface area is 111 Å². The maximum atomic E-state index is 14.4. The number of piperidine rings is 1. The van der Waals surface area contributed by atoms with Crippen molar-refractivity contribution in [2.75, 3.05) is 33.4 Å². The zero-order valence-corrected chi connectivity index (χ0v) is 11.0. The third kappa shape index (κ3) is 2.23. The Morgan fingerprint density at radius 1 is 1.37 bits per heavy atom. The molecule has 1 N–H and O–H groups in total. The van der Waals surface area contributed by atoms with Crippen LogP contribution in [-0.4, -0.2) is 33.4 Å². The first-order chi connectivity index (χ1) is 9.31. The van der Waals surface area contributed by atoms with Gasteiger partial charge in [0.1, 0.15) is 13.2 Å². The van der Waals surface area contributed by atoms with Crippen LogP contribution >= 0.6 is 0 Å². The molecule has 1 aromatic carbocycles. The quantitative estimate of drug-likeness (QED) is 0.890. The van der Waals surface area contributed by atoms with Crippen LogP contribution in [0.4, 0.5) is 4.39 Å². The summed E-state index contributed by atoms with van der Waals surface area (Å²) in [7, 11) is 1.49. The molecule has 0 amide bonds. The molecule has 5 heteroatoms. The summed E-state index contributed by atoms with van der Waals surface area (Å²) in [6.07, 6.45) is 2.12. The van der Waals surface area contributed by atoms with Crippen LogP contribution in [0.5, 0.6) is 17.2 Å². The van der Waals surface area contributed by atoms with E-state index in [-0.39, 0.29) is 17.4 Å². The molecule has 1 atom stereocenters. The average molecular weight is 267 g/mol. The van der Waals surface area contributed by atoms with Crippen LogP contribution in [-0.2, 0) is 0 Å². The summed E-state index contributed by atoms with van der Waals surface area (Å²) < 4.78 is 30.5. The highest BCUT2D eigenvalue weighted by Crippen LogP contribution is 2.44. The lowest BCUT2D eigenvalue weighted by molar-refractivity contribution is 0.162. The lowest BCUT2D eigenvalue weighted by Crippen LogP contribution is -2.29. The predicted octanol–water partition coefficient (Wildman–Crippen LogP) is 2.07. The predicted molar refractivity (Wildman–Crippen MR) is 68.8 cm³/mol. The first-order valence-electron chi connectivity index (χ1n) is 6.68. The van der Waals surface area contributed by atoms with E-state index in [1.54, 1.807) is 0 Å². The average Bonchev–Trinajstić information content (AvgIpc) is 2.48. The van der Waals surface area contributed by atoms with Crippen LogP contribution < -0.4 is 19.5 Å². The molecule has 19 heavy (non-hydrogen) atoms. The van der Waals surface area contributed by atoms with E-state index < -0.39 is 5.82 Å². The molecular weight excluding hydrogens is 249 g/mol. The molecule has 4 nitrogen and oxygen atoms in total. The van der Waals surface area contributed by atoms with Crippen molar-refractivity contribution in [3.63, 3.8) is 0 Å². The topological polar surface area (TPSA) is 39.7 Å². The SMILES string of the molecule is COc1c(C2CCCNC2)cc2c(c1F)OCCO2. The minimum absolute atomic E-state index is 0.176. The molecular formula is C14H18FNO3. The van der Waals surface area contributed by atoms with Gasteiger partial charge in [0.25, 0.3) is 0 Å². The van der Waals surface area contributed by atoms with Gasteiger partial charge in [-0.05, 0) is 25.5 Å². The number of benzene rings is 1. The molecule has 0 saturated carbocycles. The van der Waals surface area contributed by atoms with Crippen LogP contribution in [0.3, 0.4) is 0 Å². The van der Waals surface area contributed by atoms with Crippen molar-refractivity contribution in [3.05, 3.63) is 17.4 Å². The lowest BCUT2D eigenvalue weighted by atomic mass is 9.90. The second-order valence-electron chi connectivity index (χ2n) is 4.88. The second kappa shape index (κ2) is 5.25. The van der Waals surface area contributed by atoms with Crippen LogP contribution in [0, 0.1) is 5.82 Å². The number of hydrogen-bond acceptors (Lipinski definition) is 4. The summed E-state index contributed by atoms with van der Waals surface area (Å²) in [5, 5.41) is 3.33. The fourth-order valence-electron chi connectivity index (χ4n) is 2.78. The zero-order chi connectivity index (χ0) is 13.2. The fraction of sp³-hybridized carbons (Fsp3) is 0.571. The van der Waals surface area contributed by atoms with E-state index in [1.807, 2.05) is 6.07 Å². The van der Waals surface area contributed by atoms with Gasteiger partial charge in [-0.3, -0.25) is 0 Å². The number of hydrogen-bond donors (Lipinski definition) is 1. The van der Waals surface area contributed by atoms with Crippen LogP contribution in [0.15, 0.2) is 6.07 Å². The fourth-order valence-corrected chi connectivity index (χ4v) is 2.78. The third-order valence-electron chi connectivity index (χ3n) is 3.70. The first kappa shape index (κ1) is 12.5. The van der Waals surface area contributed by atoms with Gasteiger partial charge in [0.15, 0.2) is 11.5 Å². The van der Waals surface area contributed by atoms with Gasteiger partial charge in [-0.1, -0.05) is 0 Å². The van der Waals surface area contributed by atoms with Crippen molar-refractivity contribution in [1.82, 2.24) is 5.32 Å². The van der Waals surface area contributed by atoms with E-state index in [4.69, 9.17) is 14.2 Å². The maximum Gasteiger partial charge on any atom is 0.210 e. The zero-order valence-electron chi connectivity index (χ0n) is 11.0. The Kier molecular flexibility index (Phi) is 3.46. The maximum absolute atomic E-state index is 14.4. The third-order valence-corrected chi connectivity index (χ3v) is 3.70.